The third-order valence-electron chi connectivity index (χ3n) is 2.81. The van der Waals surface area contributed by atoms with E-state index in [2.05, 4.69) is 10.4 Å². The second-order valence-electron chi connectivity index (χ2n) is 4.30. The first-order valence-corrected chi connectivity index (χ1v) is 6.27. The Morgan fingerprint density at radius 3 is 2.95 bits per heavy atom. The fraction of sp³-hybridized carbons (Fsp3) is 0.231. The molecule has 1 aromatic carbocycles. The van der Waals surface area contributed by atoms with E-state index in [0.29, 0.717) is 19.5 Å². The first kappa shape index (κ1) is 14.6. The van der Waals surface area contributed by atoms with Crippen molar-refractivity contribution in [2.45, 2.75) is 13.0 Å². The molecule has 110 valence electrons. The Morgan fingerprint density at radius 1 is 1.48 bits per heavy atom. The van der Waals surface area contributed by atoms with Crippen LogP contribution in [0.4, 0.5) is 10.1 Å². The highest BCUT2D eigenvalue weighted by atomic mass is 19.1. The molecule has 1 heterocycles. The van der Waals surface area contributed by atoms with Crippen LogP contribution in [-0.4, -0.2) is 27.2 Å². The molecule has 1 aromatic heterocycles. The number of non-ortho nitro benzene ring substituents is 1. The highest BCUT2D eigenvalue weighted by molar-refractivity contribution is 5.95. The normalized spacial score (nSPS) is 10.3. The lowest BCUT2D eigenvalue weighted by Gasteiger charge is -2.06. The molecule has 1 N–H and O–H groups in total. The zero-order chi connectivity index (χ0) is 15.2. The Labute approximate surface area is 119 Å². The summed E-state index contributed by atoms with van der Waals surface area (Å²) in [6.45, 7) is 0.936. The number of amides is 1. The topological polar surface area (TPSA) is 90.1 Å². The van der Waals surface area contributed by atoms with Gasteiger partial charge in [-0.25, -0.2) is 4.39 Å². The van der Waals surface area contributed by atoms with E-state index in [1.165, 1.54) is 0 Å². The SMILES string of the molecule is O=C(NCCCn1cccn1)c1cc([N+](=O)[O-])ccc1F. The second-order valence-corrected chi connectivity index (χ2v) is 4.30. The van der Waals surface area contributed by atoms with Crippen molar-refractivity contribution in [2.24, 2.45) is 0 Å². The van der Waals surface area contributed by atoms with E-state index in [1.54, 1.807) is 23.1 Å². The number of hydrogen-bond donors (Lipinski definition) is 1. The fourth-order valence-corrected chi connectivity index (χ4v) is 1.77. The van der Waals surface area contributed by atoms with Crippen LogP contribution in [0.3, 0.4) is 0 Å². The van der Waals surface area contributed by atoms with Gasteiger partial charge in [-0.2, -0.15) is 5.10 Å². The summed E-state index contributed by atoms with van der Waals surface area (Å²) < 4.78 is 15.2. The van der Waals surface area contributed by atoms with Crippen molar-refractivity contribution in [1.82, 2.24) is 15.1 Å². The maximum Gasteiger partial charge on any atom is 0.270 e. The second kappa shape index (κ2) is 6.60. The first-order chi connectivity index (χ1) is 10.1. The molecule has 0 bridgehead atoms. The van der Waals surface area contributed by atoms with E-state index in [4.69, 9.17) is 0 Å². The fourth-order valence-electron chi connectivity index (χ4n) is 1.77. The van der Waals surface area contributed by atoms with Gasteiger partial charge in [-0.15, -0.1) is 0 Å². The number of nitro benzene ring substituents is 1. The summed E-state index contributed by atoms with van der Waals surface area (Å²) in [5.41, 5.74) is -0.651. The number of rotatable bonds is 6. The predicted molar refractivity (Wildman–Crippen MR) is 72.2 cm³/mol. The first-order valence-electron chi connectivity index (χ1n) is 6.27. The average molecular weight is 292 g/mol. The minimum absolute atomic E-state index is 0.320. The van der Waals surface area contributed by atoms with Crippen LogP contribution in [0.15, 0.2) is 36.7 Å². The Hall–Kier alpha value is -2.77. The Bertz CT molecular complexity index is 643. The standard InChI is InChI=1S/C13H13FN4O3/c14-12-4-3-10(18(20)21)9-11(12)13(19)15-5-1-7-17-8-2-6-16-17/h2-4,6,8-9H,1,5,7H2,(H,15,19). The molecule has 8 heteroatoms. The van der Waals surface area contributed by atoms with Crippen molar-refractivity contribution < 1.29 is 14.1 Å². The summed E-state index contributed by atoms with van der Waals surface area (Å²) in [6, 6.07) is 4.65. The molecule has 1 amide bonds. The average Bonchev–Trinajstić information content (AvgIpc) is 2.96. The lowest BCUT2D eigenvalue weighted by Crippen LogP contribution is -2.26. The van der Waals surface area contributed by atoms with Gasteiger partial charge >= 0.3 is 0 Å². The summed E-state index contributed by atoms with van der Waals surface area (Å²) in [5.74, 6) is -1.46. The van der Waals surface area contributed by atoms with Crippen LogP contribution in [-0.2, 0) is 6.54 Å². The number of halogens is 1. The number of nitrogens with one attached hydrogen (secondary N) is 1. The number of aromatic nitrogens is 2. The molecule has 7 nitrogen and oxygen atoms in total. The van der Waals surface area contributed by atoms with E-state index >= 15 is 0 Å². The number of carbonyl (C=O) groups excluding carboxylic acids is 1. The van der Waals surface area contributed by atoms with Crippen molar-refractivity contribution in [3.63, 3.8) is 0 Å². The lowest BCUT2D eigenvalue weighted by molar-refractivity contribution is -0.384. The lowest BCUT2D eigenvalue weighted by atomic mass is 10.1. The Morgan fingerprint density at radius 2 is 2.29 bits per heavy atom. The molecule has 2 aromatic rings. The smallest absolute Gasteiger partial charge is 0.270 e. The summed E-state index contributed by atoms with van der Waals surface area (Å²) in [4.78, 5) is 21.8. The van der Waals surface area contributed by atoms with Gasteiger partial charge in [0.15, 0.2) is 0 Å². The summed E-state index contributed by atoms with van der Waals surface area (Å²) in [5, 5.41) is 17.2. The number of nitrogens with zero attached hydrogens (tertiary/aromatic N) is 3. The monoisotopic (exact) mass is 292 g/mol. The van der Waals surface area contributed by atoms with Crippen LogP contribution in [0.1, 0.15) is 16.8 Å². The van der Waals surface area contributed by atoms with Crippen LogP contribution < -0.4 is 5.32 Å². The van der Waals surface area contributed by atoms with Gasteiger partial charge in [-0.3, -0.25) is 19.6 Å². The number of hydrogen-bond acceptors (Lipinski definition) is 4. The van der Waals surface area contributed by atoms with Crippen molar-refractivity contribution >= 4 is 11.6 Å². The molecule has 0 aliphatic heterocycles. The van der Waals surface area contributed by atoms with Gasteiger partial charge < -0.3 is 5.32 Å². The molecule has 0 aliphatic rings. The van der Waals surface area contributed by atoms with Crippen molar-refractivity contribution in [2.75, 3.05) is 6.54 Å². The Kier molecular flexibility index (Phi) is 4.60. The van der Waals surface area contributed by atoms with Gasteiger partial charge in [0.1, 0.15) is 5.82 Å². The summed E-state index contributed by atoms with van der Waals surface area (Å²) in [7, 11) is 0. The molecule has 21 heavy (non-hydrogen) atoms. The summed E-state index contributed by atoms with van der Waals surface area (Å²) in [6.07, 6.45) is 4.06. The van der Waals surface area contributed by atoms with Crippen LogP contribution in [0.25, 0.3) is 0 Å². The van der Waals surface area contributed by atoms with E-state index in [-0.39, 0.29) is 11.3 Å². The van der Waals surface area contributed by atoms with Crippen molar-refractivity contribution in [1.29, 1.82) is 0 Å². The molecular formula is C13H13FN4O3. The molecular weight excluding hydrogens is 279 g/mol. The third kappa shape index (κ3) is 3.85. The minimum Gasteiger partial charge on any atom is -0.352 e. The molecule has 0 saturated carbocycles. The van der Waals surface area contributed by atoms with E-state index < -0.39 is 16.6 Å². The predicted octanol–water partition coefficient (Wildman–Crippen LogP) is 1.75. The minimum atomic E-state index is -0.787. The molecule has 0 aliphatic carbocycles. The van der Waals surface area contributed by atoms with Crippen molar-refractivity contribution in [3.05, 3.63) is 58.2 Å². The molecule has 0 saturated heterocycles. The van der Waals surface area contributed by atoms with Crippen LogP contribution >= 0.6 is 0 Å². The van der Waals surface area contributed by atoms with E-state index in [9.17, 15) is 19.3 Å². The van der Waals surface area contributed by atoms with Crippen molar-refractivity contribution in [3.8, 4) is 0 Å². The number of carbonyl (C=O) groups is 1. The largest absolute Gasteiger partial charge is 0.352 e. The quantitative estimate of drug-likeness (QED) is 0.499. The Balaban J connectivity index is 1.90. The number of benzene rings is 1. The van der Waals surface area contributed by atoms with Gasteiger partial charge in [-0.1, -0.05) is 0 Å². The molecule has 0 atom stereocenters. The third-order valence-corrected chi connectivity index (χ3v) is 2.81. The van der Waals surface area contributed by atoms with Gasteiger partial charge in [0.05, 0.1) is 10.5 Å². The maximum atomic E-state index is 13.5. The molecule has 0 fully saturated rings. The zero-order valence-electron chi connectivity index (χ0n) is 11.0. The zero-order valence-corrected chi connectivity index (χ0v) is 11.0. The van der Waals surface area contributed by atoms with E-state index in [0.717, 1.165) is 18.2 Å². The van der Waals surface area contributed by atoms with Crippen LogP contribution in [0.5, 0.6) is 0 Å². The van der Waals surface area contributed by atoms with E-state index in [1.807, 2.05) is 0 Å². The summed E-state index contributed by atoms with van der Waals surface area (Å²) >= 11 is 0. The molecule has 0 unspecified atom stereocenters. The van der Waals surface area contributed by atoms with Gasteiger partial charge in [0.25, 0.3) is 11.6 Å². The van der Waals surface area contributed by atoms with Gasteiger partial charge in [0.2, 0.25) is 0 Å². The molecule has 0 spiro atoms. The highest BCUT2D eigenvalue weighted by Crippen LogP contribution is 2.16. The maximum absolute atomic E-state index is 13.5. The number of aryl methyl sites for hydroxylation is 1. The molecule has 2 rings (SSSR count). The highest BCUT2D eigenvalue weighted by Gasteiger charge is 2.16. The van der Waals surface area contributed by atoms with Crippen LogP contribution in [0.2, 0.25) is 0 Å². The number of nitro groups is 1. The van der Waals surface area contributed by atoms with Gasteiger partial charge in [0, 0.05) is 37.6 Å². The van der Waals surface area contributed by atoms with Gasteiger partial charge in [-0.05, 0) is 18.6 Å². The van der Waals surface area contributed by atoms with Crippen LogP contribution in [0, 0.1) is 15.9 Å². The molecule has 0 radical (unpaired) electrons.